The molecule has 0 fully saturated rings. The Balaban J connectivity index is 2.47. The van der Waals surface area contributed by atoms with Gasteiger partial charge in [-0.25, -0.2) is 4.98 Å². The Morgan fingerprint density at radius 1 is 1.29 bits per heavy atom. The van der Waals surface area contributed by atoms with Gasteiger partial charge in [0.05, 0.1) is 17.5 Å². The van der Waals surface area contributed by atoms with Gasteiger partial charge in [0.1, 0.15) is 0 Å². The number of aromatic nitrogens is 3. The van der Waals surface area contributed by atoms with Crippen LogP contribution in [0.25, 0.3) is 0 Å². The molecule has 14 heavy (non-hydrogen) atoms. The van der Waals surface area contributed by atoms with Gasteiger partial charge in [-0.1, -0.05) is 0 Å². The van der Waals surface area contributed by atoms with E-state index >= 15 is 0 Å². The number of anilines is 1. The van der Waals surface area contributed by atoms with Gasteiger partial charge in [-0.2, -0.15) is 5.10 Å². The molecule has 0 amide bonds. The average Bonchev–Trinajstić information content (AvgIpc) is 2.10. The molecule has 5 heteroatoms. The number of aliphatic hydroxyl groups is 1. The summed E-state index contributed by atoms with van der Waals surface area (Å²) in [7, 11) is 0. The van der Waals surface area contributed by atoms with Crippen molar-refractivity contribution in [1.29, 1.82) is 0 Å². The van der Waals surface area contributed by atoms with Crippen molar-refractivity contribution in [3.63, 3.8) is 0 Å². The standard InChI is InChI=1S/C9H16N4O/c1-6(14)4-5-10-9-11-7(2)8(3)12-13-9/h6,14H,4-5H2,1-3H3,(H,10,11,13). The smallest absolute Gasteiger partial charge is 0.242 e. The molecule has 2 N–H and O–H groups in total. The summed E-state index contributed by atoms with van der Waals surface area (Å²) in [5.74, 6) is 0.522. The number of hydrogen-bond donors (Lipinski definition) is 2. The van der Waals surface area contributed by atoms with Crippen LogP contribution in [0.15, 0.2) is 0 Å². The van der Waals surface area contributed by atoms with E-state index in [2.05, 4.69) is 20.5 Å². The first-order chi connectivity index (χ1) is 6.59. The lowest BCUT2D eigenvalue weighted by atomic mass is 10.3. The normalized spacial score (nSPS) is 12.6. The van der Waals surface area contributed by atoms with Crippen LogP contribution in [0.1, 0.15) is 24.7 Å². The van der Waals surface area contributed by atoms with Gasteiger partial charge in [-0.05, 0) is 27.2 Å². The number of nitrogens with zero attached hydrogens (tertiary/aromatic N) is 3. The summed E-state index contributed by atoms with van der Waals surface area (Å²) in [5, 5.41) is 19.9. The first kappa shape index (κ1) is 10.8. The highest BCUT2D eigenvalue weighted by Gasteiger charge is 2.01. The first-order valence-electron chi connectivity index (χ1n) is 4.69. The zero-order valence-corrected chi connectivity index (χ0v) is 8.78. The lowest BCUT2D eigenvalue weighted by molar-refractivity contribution is 0.188. The van der Waals surface area contributed by atoms with E-state index in [0.29, 0.717) is 18.9 Å². The van der Waals surface area contributed by atoms with Crippen LogP contribution in [0.2, 0.25) is 0 Å². The van der Waals surface area contributed by atoms with Gasteiger partial charge in [-0.3, -0.25) is 0 Å². The molecule has 5 nitrogen and oxygen atoms in total. The van der Waals surface area contributed by atoms with Gasteiger partial charge < -0.3 is 10.4 Å². The third-order valence-corrected chi connectivity index (χ3v) is 1.94. The minimum absolute atomic E-state index is 0.304. The topological polar surface area (TPSA) is 70.9 Å². The molecular formula is C9H16N4O. The Hall–Kier alpha value is -1.23. The van der Waals surface area contributed by atoms with E-state index in [-0.39, 0.29) is 6.10 Å². The predicted octanol–water partition coefficient (Wildman–Crippen LogP) is 0.671. The van der Waals surface area contributed by atoms with E-state index in [0.717, 1.165) is 11.4 Å². The molecule has 0 bridgehead atoms. The molecule has 1 rings (SSSR count). The van der Waals surface area contributed by atoms with Crippen LogP contribution >= 0.6 is 0 Å². The fraction of sp³-hybridized carbons (Fsp3) is 0.667. The molecular weight excluding hydrogens is 180 g/mol. The molecule has 1 atom stereocenters. The lowest BCUT2D eigenvalue weighted by Crippen LogP contribution is -2.12. The third-order valence-electron chi connectivity index (χ3n) is 1.94. The molecule has 0 saturated heterocycles. The minimum atomic E-state index is -0.304. The zero-order valence-electron chi connectivity index (χ0n) is 8.78. The molecule has 0 saturated carbocycles. The second-order valence-electron chi connectivity index (χ2n) is 3.37. The number of rotatable bonds is 4. The molecule has 0 radical (unpaired) electrons. The van der Waals surface area contributed by atoms with Gasteiger partial charge in [-0.15, -0.1) is 5.10 Å². The van der Waals surface area contributed by atoms with Crippen molar-refractivity contribution in [1.82, 2.24) is 15.2 Å². The lowest BCUT2D eigenvalue weighted by Gasteiger charge is -2.06. The summed E-state index contributed by atoms with van der Waals surface area (Å²) >= 11 is 0. The minimum Gasteiger partial charge on any atom is -0.393 e. The molecule has 0 aliphatic rings. The highest BCUT2D eigenvalue weighted by Crippen LogP contribution is 2.02. The molecule has 1 heterocycles. The maximum atomic E-state index is 9.03. The second kappa shape index (κ2) is 4.85. The summed E-state index contributed by atoms with van der Waals surface area (Å²) in [4.78, 5) is 4.20. The molecule has 0 aliphatic heterocycles. The van der Waals surface area contributed by atoms with E-state index in [4.69, 9.17) is 5.11 Å². The number of nitrogens with one attached hydrogen (secondary N) is 1. The van der Waals surface area contributed by atoms with E-state index in [1.807, 2.05) is 13.8 Å². The molecule has 1 unspecified atom stereocenters. The Morgan fingerprint density at radius 2 is 2.00 bits per heavy atom. The highest BCUT2D eigenvalue weighted by molar-refractivity contribution is 5.24. The van der Waals surface area contributed by atoms with Crippen LogP contribution < -0.4 is 5.32 Å². The van der Waals surface area contributed by atoms with E-state index in [1.54, 1.807) is 6.92 Å². The van der Waals surface area contributed by atoms with Crippen molar-refractivity contribution in [3.8, 4) is 0 Å². The number of hydrogen-bond acceptors (Lipinski definition) is 5. The van der Waals surface area contributed by atoms with Gasteiger partial charge in [0.2, 0.25) is 5.95 Å². The van der Waals surface area contributed by atoms with Crippen molar-refractivity contribution in [2.24, 2.45) is 0 Å². The van der Waals surface area contributed by atoms with Crippen LogP contribution in [-0.4, -0.2) is 32.9 Å². The molecule has 78 valence electrons. The zero-order chi connectivity index (χ0) is 10.6. The van der Waals surface area contributed by atoms with Gasteiger partial charge in [0.25, 0.3) is 0 Å². The van der Waals surface area contributed by atoms with Crippen molar-refractivity contribution < 1.29 is 5.11 Å². The van der Waals surface area contributed by atoms with Gasteiger partial charge in [0, 0.05) is 6.54 Å². The summed E-state index contributed by atoms with van der Waals surface area (Å²) in [5.41, 5.74) is 1.71. The summed E-state index contributed by atoms with van der Waals surface area (Å²) in [6.07, 6.45) is 0.373. The predicted molar refractivity (Wildman–Crippen MR) is 54.1 cm³/mol. The van der Waals surface area contributed by atoms with Crippen molar-refractivity contribution >= 4 is 5.95 Å². The molecule has 0 aromatic carbocycles. The summed E-state index contributed by atoms with van der Waals surface area (Å²) < 4.78 is 0. The Labute approximate surface area is 83.6 Å². The van der Waals surface area contributed by atoms with Crippen LogP contribution in [0.4, 0.5) is 5.95 Å². The number of aliphatic hydroxyl groups excluding tert-OH is 1. The van der Waals surface area contributed by atoms with Crippen LogP contribution in [0.3, 0.4) is 0 Å². The Morgan fingerprint density at radius 3 is 2.57 bits per heavy atom. The summed E-state index contributed by atoms with van der Waals surface area (Å²) in [6.45, 7) is 6.17. The Kier molecular flexibility index (Phi) is 3.76. The van der Waals surface area contributed by atoms with Crippen molar-refractivity contribution in [2.45, 2.75) is 33.3 Å². The molecule has 0 aliphatic carbocycles. The van der Waals surface area contributed by atoms with E-state index < -0.39 is 0 Å². The quantitative estimate of drug-likeness (QED) is 0.740. The summed E-state index contributed by atoms with van der Waals surface area (Å²) in [6, 6.07) is 0. The van der Waals surface area contributed by atoms with Crippen LogP contribution in [0.5, 0.6) is 0 Å². The van der Waals surface area contributed by atoms with Crippen molar-refractivity contribution in [3.05, 3.63) is 11.4 Å². The highest BCUT2D eigenvalue weighted by atomic mass is 16.3. The monoisotopic (exact) mass is 196 g/mol. The second-order valence-corrected chi connectivity index (χ2v) is 3.37. The number of aryl methyl sites for hydroxylation is 2. The SMILES string of the molecule is Cc1nnc(NCCC(C)O)nc1C. The molecule has 1 aromatic rings. The molecule has 1 aromatic heterocycles. The third kappa shape index (κ3) is 3.26. The maximum Gasteiger partial charge on any atom is 0.242 e. The average molecular weight is 196 g/mol. The fourth-order valence-electron chi connectivity index (χ4n) is 0.925. The van der Waals surface area contributed by atoms with E-state index in [1.165, 1.54) is 0 Å². The largest absolute Gasteiger partial charge is 0.393 e. The first-order valence-corrected chi connectivity index (χ1v) is 4.69. The van der Waals surface area contributed by atoms with E-state index in [9.17, 15) is 0 Å². The van der Waals surface area contributed by atoms with Crippen LogP contribution in [-0.2, 0) is 0 Å². The van der Waals surface area contributed by atoms with Gasteiger partial charge in [0.15, 0.2) is 0 Å². The van der Waals surface area contributed by atoms with Gasteiger partial charge >= 0.3 is 0 Å². The van der Waals surface area contributed by atoms with Crippen molar-refractivity contribution in [2.75, 3.05) is 11.9 Å². The maximum absolute atomic E-state index is 9.03. The molecule has 0 spiro atoms. The van der Waals surface area contributed by atoms with Crippen LogP contribution in [0, 0.1) is 13.8 Å². The fourth-order valence-corrected chi connectivity index (χ4v) is 0.925. The Bertz CT molecular complexity index is 301.